The molecule has 0 saturated carbocycles. The van der Waals surface area contributed by atoms with Crippen molar-refractivity contribution in [3.63, 3.8) is 0 Å². The minimum absolute atomic E-state index is 0.721. The zero-order valence-electron chi connectivity index (χ0n) is 18.7. The fourth-order valence-corrected chi connectivity index (χ4v) is 4.03. The van der Waals surface area contributed by atoms with Gasteiger partial charge in [-0.25, -0.2) is 0 Å². The summed E-state index contributed by atoms with van der Waals surface area (Å²) >= 11 is 0. The molecule has 32 heavy (non-hydrogen) atoms. The van der Waals surface area contributed by atoms with Crippen LogP contribution in [-0.2, 0) is 4.74 Å². The summed E-state index contributed by atoms with van der Waals surface area (Å²) in [6.45, 7) is 3.29. The van der Waals surface area contributed by atoms with Gasteiger partial charge in [-0.1, -0.05) is 30.3 Å². The van der Waals surface area contributed by atoms with Crippen LogP contribution in [0.4, 0.5) is 0 Å². The minimum Gasteiger partial charge on any atom is -0.497 e. The van der Waals surface area contributed by atoms with Crippen LogP contribution in [0.2, 0.25) is 0 Å². The van der Waals surface area contributed by atoms with Gasteiger partial charge in [0.05, 0.1) is 39.9 Å². The summed E-state index contributed by atoms with van der Waals surface area (Å²) in [5.74, 6) is 1.44. The fourth-order valence-electron chi connectivity index (χ4n) is 4.03. The Kier molecular flexibility index (Phi) is 7.35. The molecule has 166 valence electrons. The monoisotopic (exact) mass is 431 g/mol. The van der Waals surface area contributed by atoms with Crippen molar-refractivity contribution >= 4 is 18.5 Å². The van der Waals surface area contributed by atoms with E-state index in [2.05, 4.69) is 45.4 Å². The molecule has 0 unspecified atom stereocenters. The van der Waals surface area contributed by atoms with Crippen molar-refractivity contribution in [1.29, 1.82) is 0 Å². The molecule has 0 spiro atoms. The van der Waals surface area contributed by atoms with Crippen LogP contribution in [0.25, 0.3) is 6.08 Å². The highest BCUT2D eigenvalue weighted by Crippen LogP contribution is 2.35. The standard InChI is InChI=1S/C26H29N3O3/c1-30-24-15-21(16-25(17-24)31-2)18-27-28-19-23-9-8-22(14-20-6-4-3-5-7-20)26(23)29-10-12-32-13-11-29/h3-7,14-19H,8-13H2,1-2H3/b22-14+,27-18+,28-19+. The molecule has 1 fully saturated rings. The molecule has 4 rings (SSSR count). The third-order valence-electron chi connectivity index (χ3n) is 5.60. The maximum absolute atomic E-state index is 5.57. The van der Waals surface area contributed by atoms with Gasteiger partial charge in [-0.2, -0.15) is 10.2 Å². The molecule has 0 amide bonds. The maximum Gasteiger partial charge on any atom is 0.123 e. The van der Waals surface area contributed by atoms with Crippen molar-refractivity contribution < 1.29 is 14.2 Å². The Bertz CT molecular complexity index is 1010. The Hall–Kier alpha value is -3.38. The van der Waals surface area contributed by atoms with E-state index in [-0.39, 0.29) is 0 Å². The van der Waals surface area contributed by atoms with E-state index in [0.717, 1.165) is 56.2 Å². The number of nitrogens with zero attached hydrogens (tertiary/aromatic N) is 3. The Morgan fingerprint density at radius 2 is 1.53 bits per heavy atom. The molecule has 1 aliphatic heterocycles. The molecule has 0 bridgehead atoms. The minimum atomic E-state index is 0.721. The zero-order valence-corrected chi connectivity index (χ0v) is 18.7. The van der Waals surface area contributed by atoms with Gasteiger partial charge in [0.25, 0.3) is 0 Å². The van der Waals surface area contributed by atoms with Crippen LogP contribution >= 0.6 is 0 Å². The molecule has 1 heterocycles. The molecule has 1 saturated heterocycles. The molecular formula is C26H29N3O3. The Morgan fingerprint density at radius 1 is 0.844 bits per heavy atom. The third kappa shape index (κ3) is 5.45. The number of ether oxygens (including phenoxy) is 3. The van der Waals surface area contributed by atoms with Crippen LogP contribution in [0.5, 0.6) is 11.5 Å². The van der Waals surface area contributed by atoms with Crippen LogP contribution < -0.4 is 9.47 Å². The van der Waals surface area contributed by atoms with Crippen molar-refractivity contribution in [2.75, 3.05) is 40.5 Å². The lowest BCUT2D eigenvalue weighted by Crippen LogP contribution is -2.36. The Labute approximate surface area is 189 Å². The first-order chi connectivity index (χ1) is 15.8. The van der Waals surface area contributed by atoms with Crippen LogP contribution in [0.3, 0.4) is 0 Å². The highest BCUT2D eigenvalue weighted by Gasteiger charge is 2.25. The van der Waals surface area contributed by atoms with Gasteiger partial charge in [-0.15, -0.1) is 0 Å². The van der Waals surface area contributed by atoms with Crippen LogP contribution in [0, 0.1) is 0 Å². The van der Waals surface area contributed by atoms with Crippen LogP contribution in [0.1, 0.15) is 24.0 Å². The number of allylic oxidation sites excluding steroid dienone is 2. The summed E-state index contributed by atoms with van der Waals surface area (Å²) in [6, 6.07) is 16.1. The van der Waals surface area contributed by atoms with Crippen LogP contribution in [0.15, 0.2) is 75.6 Å². The average molecular weight is 432 g/mol. The van der Waals surface area contributed by atoms with Crippen molar-refractivity contribution in [3.05, 3.63) is 76.5 Å². The van der Waals surface area contributed by atoms with E-state index in [0.29, 0.717) is 0 Å². The summed E-state index contributed by atoms with van der Waals surface area (Å²) in [6.07, 6.45) is 7.85. The van der Waals surface area contributed by atoms with E-state index in [9.17, 15) is 0 Å². The lowest BCUT2D eigenvalue weighted by atomic mass is 10.1. The summed E-state index contributed by atoms with van der Waals surface area (Å²) in [7, 11) is 3.27. The zero-order chi connectivity index (χ0) is 22.2. The number of benzene rings is 2. The molecular weight excluding hydrogens is 402 g/mol. The molecule has 1 aliphatic carbocycles. The van der Waals surface area contributed by atoms with Gasteiger partial charge in [0, 0.05) is 30.4 Å². The number of hydrogen-bond acceptors (Lipinski definition) is 6. The van der Waals surface area contributed by atoms with E-state index in [1.807, 2.05) is 30.5 Å². The summed E-state index contributed by atoms with van der Waals surface area (Å²) in [5.41, 5.74) is 5.93. The topological polar surface area (TPSA) is 55.7 Å². The predicted molar refractivity (Wildman–Crippen MR) is 129 cm³/mol. The predicted octanol–water partition coefficient (Wildman–Crippen LogP) is 4.57. The Morgan fingerprint density at radius 3 is 2.22 bits per heavy atom. The van der Waals surface area contributed by atoms with Crippen molar-refractivity contribution in [2.24, 2.45) is 10.2 Å². The lowest BCUT2D eigenvalue weighted by Gasteiger charge is -2.31. The smallest absolute Gasteiger partial charge is 0.123 e. The number of methoxy groups -OCH3 is 2. The normalized spacial score (nSPS) is 18.3. The van der Waals surface area contributed by atoms with Gasteiger partial charge >= 0.3 is 0 Å². The second-order valence-corrected chi connectivity index (χ2v) is 7.69. The molecule has 2 aromatic rings. The SMILES string of the molecule is COc1cc(/C=N/N=C/C2=C(N3CCOCC3)C(=C/c3ccccc3)/CC2)cc(OC)c1. The molecule has 2 aliphatic rings. The quantitative estimate of drug-likeness (QED) is 0.476. The molecule has 0 aromatic heterocycles. The Balaban J connectivity index is 1.58. The van der Waals surface area contributed by atoms with Gasteiger partial charge in [-0.3, -0.25) is 0 Å². The summed E-state index contributed by atoms with van der Waals surface area (Å²) in [4.78, 5) is 2.42. The van der Waals surface area contributed by atoms with E-state index >= 15 is 0 Å². The van der Waals surface area contributed by atoms with Gasteiger partial charge in [0.2, 0.25) is 0 Å². The molecule has 0 N–H and O–H groups in total. The first-order valence-corrected chi connectivity index (χ1v) is 10.9. The summed E-state index contributed by atoms with van der Waals surface area (Å²) < 4.78 is 16.2. The number of hydrogen-bond donors (Lipinski definition) is 0. The highest BCUT2D eigenvalue weighted by atomic mass is 16.5. The second-order valence-electron chi connectivity index (χ2n) is 7.69. The van der Waals surface area contributed by atoms with Crippen molar-refractivity contribution in [1.82, 2.24) is 4.90 Å². The average Bonchev–Trinajstić information content (AvgIpc) is 3.24. The van der Waals surface area contributed by atoms with Gasteiger partial charge in [0.1, 0.15) is 11.5 Å². The summed E-state index contributed by atoms with van der Waals surface area (Å²) in [5, 5.41) is 8.65. The van der Waals surface area contributed by atoms with Crippen molar-refractivity contribution in [3.8, 4) is 11.5 Å². The fraction of sp³-hybridized carbons (Fsp3) is 0.308. The molecule has 0 radical (unpaired) electrons. The van der Waals surface area contributed by atoms with E-state index in [1.165, 1.54) is 22.4 Å². The van der Waals surface area contributed by atoms with Gasteiger partial charge in [-0.05, 0) is 47.8 Å². The third-order valence-corrected chi connectivity index (χ3v) is 5.60. The number of rotatable bonds is 7. The molecule has 6 nitrogen and oxygen atoms in total. The first-order valence-electron chi connectivity index (χ1n) is 10.9. The molecule has 2 aromatic carbocycles. The molecule has 6 heteroatoms. The van der Waals surface area contributed by atoms with Gasteiger partial charge in [0.15, 0.2) is 0 Å². The van der Waals surface area contributed by atoms with E-state index in [4.69, 9.17) is 14.2 Å². The number of morpholine rings is 1. The van der Waals surface area contributed by atoms with Crippen molar-refractivity contribution in [2.45, 2.75) is 12.8 Å². The lowest BCUT2D eigenvalue weighted by molar-refractivity contribution is 0.0548. The van der Waals surface area contributed by atoms with Gasteiger partial charge < -0.3 is 19.1 Å². The molecule has 0 atom stereocenters. The van der Waals surface area contributed by atoms with Crippen LogP contribution in [-0.4, -0.2) is 57.9 Å². The maximum atomic E-state index is 5.57. The largest absolute Gasteiger partial charge is 0.497 e. The highest BCUT2D eigenvalue weighted by molar-refractivity contribution is 5.85. The second kappa shape index (κ2) is 10.8. The first kappa shape index (κ1) is 21.8. The van der Waals surface area contributed by atoms with E-state index < -0.39 is 0 Å². The van der Waals surface area contributed by atoms with E-state index in [1.54, 1.807) is 20.4 Å².